The number of nitrogens with one attached hydrogen (secondary N) is 1. The van der Waals surface area contributed by atoms with Gasteiger partial charge in [-0.3, -0.25) is 4.79 Å². The van der Waals surface area contributed by atoms with E-state index in [0.717, 1.165) is 56.0 Å². The molecular formula is C26H32ClFN2O3. The van der Waals surface area contributed by atoms with Gasteiger partial charge in [-0.2, -0.15) is 0 Å². The van der Waals surface area contributed by atoms with E-state index in [-0.39, 0.29) is 5.02 Å². The molecule has 2 aliphatic rings. The van der Waals surface area contributed by atoms with Crippen molar-refractivity contribution in [3.8, 4) is 0 Å². The molecule has 0 bridgehead atoms. The summed E-state index contributed by atoms with van der Waals surface area (Å²) < 4.78 is 19.8. The van der Waals surface area contributed by atoms with E-state index in [2.05, 4.69) is 24.1 Å². The number of hydrogen-bond acceptors (Lipinski definition) is 4. The van der Waals surface area contributed by atoms with Crippen molar-refractivity contribution in [3.05, 3.63) is 52.8 Å². The van der Waals surface area contributed by atoms with Gasteiger partial charge in [0.15, 0.2) is 0 Å². The minimum atomic E-state index is -0.845. The zero-order chi connectivity index (χ0) is 23.6. The number of aliphatic carboxylic acids is 1. The van der Waals surface area contributed by atoms with Crippen LogP contribution in [0, 0.1) is 11.7 Å². The normalized spacial score (nSPS) is 18.1. The highest BCUT2D eigenvalue weighted by atomic mass is 35.5. The van der Waals surface area contributed by atoms with E-state index in [9.17, 15) is 14.3 Å². The quantitative estimate of drug-likeness (QED) is 0.465. The molecule has 1 aliphatic heterocycles. The van der Waals surface area contributed by atoms with E-state index in [0.29, 0.717) is 30.5 Å². The van der Waals surface area contributed by atoms with Crippen LogP contribution in [0.15, 0.2) is 36.4 Å². The first-order valence-corrected chi connectivity index (χ1v) is 12.1. The number of rotatable bonds is 8. The predicted molar refractivity (Wildman–Crippen MR) is 130 cm³/mol. The van der Waals surface area contributed by atoms with Crippen molar-refractivity contribution in [1.82, 2.24) is 0 Å². The summed E-state index contributed by atoms with van der Waals surface area (Å²) in [6.07, 6.45) is 4.03. The lowest BCUT2D eigenvalue weighted by Crippen LogP contribution is -2.43. The van der Waals surface area contributed by atoms with E-state index >= 15 is 0 Å². The van der Waals surface area contributed by atoms with Crippen molar-refractivity contribution in [1.29, 1.82) is 0 Å². The van der Waals surface area contributed by atoms with Crippen LogP contribution in [0.5, 0.6) is 0 Å². The van der Waals surface area contributed by atoms with Gasteiger partial charge in [-0.25, -0.2) is 4.39 Å². The summed E-state index contributed by atoms with van der Waals surface area (Å²) in [5.41, 5.74) is 2.30. The third-order valence-electron chi connectivity index (χ3n) is 6.87. The molecule has 2 aromatic carbocycles. The molecule has 1 saturated carbocycles. The first-order chi connectivity index (χ1) is 15.8. The van der Waals surface area contributed by atoms with Gasteiger partial charge in [0.2, 0.25) is 0 Å². The van der Waals surface area contributed by atoms with Crippen LogP contribution >= 0.6 is 11.6 Å². The lowest BCUT2D eigenvalue weighted by molar-refractivity contribution is -0.147. The number of ether oxygens (including phenoxy) is 1. The lowest BCUT2D eigenvalue weighted by Gasteiger charge is -2.41. The summed E-state index contributed by atoms with van der Waals surface area (Å²) in [5.74, 6) is -0.845. The summed E-state index contributed by atoms with van der Waals surface area (Å²) in [4.78, 5) is 14.6. The molecular weight excluding hydrogens is 443 g/mol. The third kappa shape index (κ3) is 4.97. The number of carboxylic acids is 1. The SMILES string of the molecule is CC(C)CN(c1ccc(C2(C(=O)O)CCC2)cc1Nc1ccc(Cl)c(F)c1)C1CCOCC1. The van der Waals surface area contributed by atoms with Crippen molar-refractivity contribution in [2.45, 2.75) is 57.4 Å². The fraction of sp³-hybridized carbons (Fsp3) is 0.500. The van der Waals surface area contributed by atoms with Crippen molar-refractivity contribution in [2.24, 2.45) is 5.92 Å². The van der Waals surface area contributed by atoms with Crippen molar-refractivity contribution in [3.63, 3.8) is 0 Å². The summed E-state index contributed by atoms with van der Waals surface area (Å²) in [6.45, 7) is 6.69. The van der Waals surface area contributed by atoms with Crippen LogP contribution in [0.25, 0.3) is 0 Å². The second-order valence-electron chi connectivity index (χ2n) is 9.62. The van der Waals surface area contributed by atoms with Crippen molar-refractivity contribution in [2.75, 3.05) is 30.0 Å². The topological polar surface area (TPSA) is 61.8 Å². The van der Waals surface area contributed by atoms with Gasteiger partial charge in [0.1, 0.15) is 5.82 Å². The van der Waals surface area contributed by atoms with Crippen LogP contribution in [-0.4, -0.2) is 36.9 Å². The largest absolute Gasteiger partial charge is 0.481 e. The van der Waals surface area contributed by atoms with E-state index < -0.39 is 17.2 Å². The van der Waals surface area contributed by atoms with E-state index in [4.69, 9.17) is 16.3 Å². The van der Waals surface area contributed by atoms with Gasteiger partial charge < -0.3 is 20.1 Å². The molecule has 2 aromatic rings. The Labute approximate surface area is 199 Å². The molecule has 178 valence electrons. The fourth-order valence-corrected chi connectivity index (χ4v) is 5.02. The highest BCUT2D eigenvalue weighted by molar-refractivity contribution is 6.30. The molecule has 0 amide bonds. The Bertz CT molecular complexity index is 1000. The molecule has 4 rings (SSSR count). The van der Waals surface area contributed by atoms with Gasteiger partial charge in [0.05, 0.1) is 21.8 Å². The van der Waals surface area contributed by atoms with Gasteiger partial charge in [-0.05, 0) is 67.5 Å². The maximum Gasteiger partial charge on any atom is 0.314 e. The van der Waals surface area contributed by atoms with Gasteiger partial charge >= 0.3 is 5.97 Å². The van der Waals surface area contributed by atoms with Crippen LogP contribution in [0.1, 0.15) is 51.5 Å². The Morgan fingerprint density at radius 2 is 1.97 bits per heavy atom. The number of benzene rings is 2. The summed E-state index contributed by atoms with van der Waals surface area (Å²) >= 11 is 5.88. The Morgan fingerprint density at radius 1 is 1.24 bits per heavy atom. The molecule has 2 fully saturated rings. The predicted octanol–water partition coefficient (Wildman–Crippen LogP) is 6.37. The molecule has 0 aromatic heterocycles. The Hall–Kier alpha value is -2.31. The monoisotopic (exact) mass is 474 g/mol. The second-order valence-corrected chi connectivity index (χ2v) is 10.0. The number of carbonyl (C=O) groups is 1. The number of hydrogen-bond donors (Lipinski definition) is 2. The second kappa shape index (κ2) is 9.90. The summed E-state index contributed by atoms with van der Waals surface area (Å²) in [6, 6.07) is 10.9. The van der Waals surface area contributed by atoms with Crippen LogP contribution in [-0.2, 0) is 14.9 Å². The maximum atomic E-state index is 14.2. The standard InChI is InChI=1S/C26H32ClFN2O3/c1-17(2)16-30(20-8-12-33-13-9-20)24-7-4-18(26(25(31)32)10-3-11-26)14-23(24)29-19-5-6-21(27)22(28)15-19/h4-7,14-15,17,20,29H,3,8-13,16H2,1-2H3,(H,31,32). The fourth-order valence-electron chi connectivity index (χ4n) is 4.90. The van der Waals surface area contributed by atoms with Gasteiger partial charge in [0, 0.05) is 31.5 Å². The van der Waals surface area contributed by atoms with E-state index in [1.165, 1.54) is 12.1 Å². The van der Waals surface area contributed by atoms with Crippen LogP contribution in [0.4, 0.5) is 21.5 Å². The molecule has 0 radical (unpaired) electrons. The molecule has 1 saturated heterocycles. The number of halogens is 2. The average Bonchev–Trinajstić information content (AvgIpc) is 2.74. The molecule has 33 heavy (non-hydrogen) atoms. The molecule has 2 N–H and O–H groups in total. The van der Waals surface area contributed by atoms with Crippen LogP contribution < -0.4 is 10.2 Å². The number of nitrogens with zero attached hydrogens (tertiary/aromatic N) is 1. The van der Waals surface area contributed by atoms with E-state index in [1.807, 2.05) is 18.2 Å². The van der Waals surface area contributed by atoms with Gasteiger partial charge in [-0.15, -0.1) is 0 Å². The van der Waals surface area contributed by atoms with E-state index in [1.54, 1.807) is 6.07 Å². The molecule has 5 nitrogen and oxygen atoms in total. The van der Waals surface area contributed by atoms with Gasteiger partial charge in [0.25, 0.3) is 0 Å². The Morgan fingerprint density at radius 3 is 2.55 bits per heavy atom. The zero-order valence-corrected chi connectivity index (χ0v) is 20.0. The molecule has 1 heterocycles. The average molecular weight is 475 g/mol. The molecule has 1 aliphatic carbocycles. The summed E-state index contributed by atoms with van der Waals surface area (Å²) in [5, 5.41) is 13.4. The highest BCUT2D eigenvalue weighted by Crippen LogP contribution is 2.46. The maximum absolute atomic E-state index is 14.2. The summed E-state index contributed by atoms with van der Waals surface area (Å²) in [7, 11) is 0. The molecule has 7 heteroatoms. The zero-order valence-electron chi connectivity index (χ0n) is 19.2. The van der Waals surface area contributed by atoms with Crippen molar-refractivity contribution >= 4 is 34.6 Å². The minimum absolute atomic E-state index is 0.0671. The molecule has 0 unspecified atom stereocenters. The molecule has 0 spiro atoms. The minimum Gasteiger partial charge on any atom is -0.481 e. The molecule has 0 atom stereocenters. The Balaban J connectivity index is 1.78. The van der Waals surface area contributed by atoms with Crippen LogP contribution in [0.3, 0.4) is 0 Å². The van der Waals surface area contributed by atoms with Crippen molar-refractivity contribution < 1.29 is 19.0 Å². The Kier molecular flexibility index (Phi) is 7.15. The number of carboxylic acid groups (broad SMARTS) is 1. The lowest BCUT2D eigenvalue weighted by atomic mass is 9.64. The van der Waals surface area contributed by atoms with Crippen LogP contribution in [0.2, 0.25) is 5.02 Å². The number of anilines is 3. The first kappa shape index (κ1) is 23.8. The first-order valence-electron chi connectivity index (χ1n) is 11.7. The smallest absolute Gasteiger partial charge is 0.314 e. The third-order valence-corrected chi connectivity index (χ3v) is 7.17. The van der Waals surface area contributed by atoms with Gasteiger partial charge in [-0.1, -0.05) is 37.9 Å². The highest BCUT2D eigenvalue weighted by Gasteiger charge is 2.46.